The number of aliphatic carboxylic acids is 1. The molecule has 0 saturated carbocycles. The highest BCUT2D eigenvalue weighted by molar-refractivity contribution is 5.86. The van der Waals surface area contributed by atoms with Crippen molar-refractivity contribution in [2.75, 3.05) is 0 Å². The Bertz CT molecular complexity index is 433. The monoisotopic (exact) mass is 234 g/mol. The third-order valence-corrected chi connectivity index (χ3v) is 3.18. The van der Waals surface area contributed by atoms with Crippen LogP contribution in [0.1, 0.15) is 18.9 Å². The zero-order valence-electron chi connectivity index (χ0n) is 9.54. The van der Waals surface area contributed by atoms with E-state index < -0.39 is 11.9 Å². The lowest BCUT2D eigenvalue weighted by molar-refractivity contribution is -0.142. The summed E-state index contributed by atoms with van der Waals surface area (Å²) in [5.41, 5.74) is 0.915. The van der Waals surface area contributed by atoms with E-state index in [0.717, 1.165) is 5.56 Å². The minimum absolute atomic E-state index is 0.0940. The molecule has 1 fully saturated rings. The van der Waals surface area contributed by atoms with Gasteiger partial charge in [-0.05, 0) is 18.6 Å². The first-order valence-corrected chi connectivity index (χ1v) is 5.51. The van der Waals surface area contributed by atoms with E-state index in [4.69, 9.17) is 5.11 Å². The number of likely N-dealkylation sites (tertiary alicyclic amines) is 1. The number of carbonyl (C=O) groups excluding carboxylic acids is 1. The van der Waals surface area contributed by atoms with E-state index in [9.17, 15) is 9.59 Å². The summed E-state index contributed by atoms with van der Waals surface area (Å²) >= 11 is 0. The molecule has 1 saturated heterocycles. The van der Waals surface area contributed by atoms with Gasteiger partial charge < -0.3 is 10.0 Å². The van der Waals surface area contributed by atoms with Crippen LogP contribution in [0.4, 0.5) is 0 Å². The predicted octanol–water partition coefficient (Wildman–Crippen LogP) is 0.903. The lowest BCUT2D eigenvalue weighted by Crippen LogP contribution is -2.34. The summed E-state index contributed by atoms with van der Waals surface area (Å²) < 4.78 is 0. The van der Waals surface area contributed by atoms with Crippen LogP contribution in [0.15, 0.2) is 24.5 Å². The number of pyridine rings is 1. The number of aromatic nitrogens is 1. The quantitative estimate of drug-likeness (QED) is 0.843. The second-order valence-corrected chi connectivity index (χ2v) is 4.27. The number of amides is 1. The van der Waals surface area contributed by atoms with E-state index in [0.29, 0.717) is 6.54 Å². The van der Waals surface area contributed by atoms with Crippen LogP contribution in [0.25, 0.3) is 0 Å². The number of nitrogens with zero attached hydrogens (tertiary/aromatic N) is 2. The van der Waals surface area contributed by atoms with Gasteiger partial charge in [0, 0.05) is 31.4 Å². The molecule has 5 heteroatoms. The van der Waals surface area contributed by atoms with Crippen LogP contribution in [-0.2, 0) is 16.1 Å². The third kappa shape index (κ3) is 2.27. The fraction of sp³-hybridized carbons (Fsp3) is 0.417. The summed E-state index contributed by atoms with van der Waals surface area (Å²) in [7, 11) is 0. The molecule has 0 bridgehead atoms. The number of carboxylic acid groups (broad SMARTS) is 1. The van der Waals surface area contributed by atoms with Crippen LogP contribution in [0.3, 0.4) is 0 Å². The van der Waals surface area contributed by atoms with Crippen LogP contribution in [0, 0.1) is 5.92 Å². The molecule has 2 heterocycles. The summed E-state index contributed by atoms with van der Waals surface area (Å²) in [6.07, 6.45) is 3.45. The smallest absolute Gasteiger partial charge is 0.309 e. The van der Waals surface area contributed by atoms with Crippen LogP contribution < -0.4 is 0 Å². The van der Waals surface area contributed by atoms with Crippen molar-refractivity contribution in [3.8, 4) is 0 Å². The van der Waals surface area contributed by atoms with Gasteiger partial charge in [0.2, 0.25) is 5.91 Å². The van der Waals surface area contributed by atoms with Crippen molar-refractivity contribution < 1.29 is 14.7 Å². The largest absolute Gasteiger partial charge is 0.481 e. The van der Waals surface area contributed by atoms with Gasteiger partial charge in [-0.2, -0.15) is 0 Å². The molecule has 2 atom stereocenters. The minimum atomic E-state index is -0.903. The average molecular weight is 234 g/mol. The van der Waals surface area contributed by atoms with Crippen molar-refractivity contribution in [3.05, 3.63) is 30.1 Å². The zero-order valence-corrected chi connectivity index (χ0v) is 9.54. The maximum Gasteiger partial charge on any atom is 0.309 e. The number of rotatable bonds is 3. The molecule has 90 valence electrons. The maximum atomic E-state index is 11.7. The number of carbonyl (C=O) groups is 2. The van der Waals surface area contributed by atoms with Gasteiger partial charge in [-0.25, -0.2) is 0 Å². The predicted molar refractivity (Wildman–Crippen MR) is 60.0 cm³/mol. The second kappa shape index (κ2) is 4.53. The number of hydrogen-bond acceptors (Lipinski definition) is 3. The number of hydrogen-bond donors (Lipinski definition) is 1. The van der Waals surface area contributed by atoms with Gasteiger partial charge >= 0.3 is 5.97 Å². The van der Waals surface area contributed by atoms with E-state index >= 15 is 0 Å². The molecule has 0 aromatic carbocycles. The molecule has 2 rings (SSSR count). The molecule has 1 aliphatic rings. The lowest BCUT2D eigenvalue weighted by Gasteiger charge is -2.23. The van der Waals surface area contributed by atoms with Crippen molar-refractivity contribution in [1.82, 2.24) is 9.88 Å². The zero-order chi connectivity index (χ0) is 12.4. The van der Waals surface area contributed by atoms with Crippen LogP contribution in [0.5, 0.6) is 0 Å². The molecule has 5 nitrogen and oxygen atoms in total. The fourth-order valence-corrected chi connectivity index (χ4v) is 2.13. The van der Waals surface area contributed by atoms with Gasteiger partial charge in [0.25, 0.3) is 0 Å². The summed E-state index contributed by atoms with van der Waals surface area (Å²) in [5.74, 6) is -1.60. The van der Waals surface area contributed by atoms with Crippen molar-refractivity contribution >= 4 is 11.9 Å². The third-order valence-electron chi connectivity index (χ3n) is 3.18. The summed E-state index contributed by atoms with van der Waals surface area (Å²) in [6.45, 7) is 2.21. The van der Waals surface area contributed by atoms with E-state index in [1.54, 1.807) is 30.3 Å². The van der Waals surface area contributed by atoms with Gasteiger partial charge in [-0.1, -0.05) is 6.07 Å². The standard InChI is InChI=1S/C12H14N2O3/c1-8-10(12(16)17)5-11(15)14(8)7-9-3-2-4-13-6-9/h2-4,6,8,10H,5,7H2,1H3,(H,16,17). The summed E-state index contributed by atoms with van der Waals surface area (Å²) in [5, 5.41) is 8.99. The molecule has 0 aliphatic carbocycles. The highest BCUT2D eigenvalue weighted by Crippen LogP contribution is 2.27. The van der Waals surface area contributed by atoms with Gasteiger partial charge in [0.05, 0.1) is 5.92 Å². The molecular formula is C12H14N2O3. The maximum absolute atomic E-state index is 11.7. The molecule has 0 spiro atoms. The molecule has 1 amide bonds. The molecule has 1 N–H and O–H groups in total. The normalized spacial score (nSPS) is 24.1. The lowest BCUT2D eigenvalue weighted by atomic mass is 10.0. The minimum Gasteiger partial charge on any atom is -0.481 e. The molecule has 1 aromatic heterocycles. The Kier molecular flexibility index (Phi) is 3.08. The Balaban J connectivity index is 2.12. The van der Waals surface area contributed by atoms with Gasteiger partial charge in [0.15, 0.2) is 0 Å². The highest BCUT2D eigenvalue weighted by atomic mass is 16.4. The Labute approximate surface area is 99.1 Å². The van der Waals surface area contributed by atoms with Crippen molar-refractivity contribution in [2.45, 2.75) is 25.9 Å². The summed E-state index contributed by atoms with van der Waals surface area (Å²) in [6, 6.07) is 3.41. The van der Waals surface area contributed by atoms with Gasteiger partial charge in [0.1, 0.15) is 0 Å². The van der Waals surface area contributed by atoms with E-state index in [-0.39, 0.29) is 18.4 Å². The first-order chi connectivity index (χ1) is 8.09. The Morgan fingerprint density at radius 1 is 1.65 bits per heavy atom. The molecular weight excluding hydrogens is 220 g/mol. The second-order valence-electron chi connectivity index (χ2n) is 4.27. The van der Waals surface area contributed by atoms with E-state index in [1.807, 2.05) is 6.07 Å². The van der Waals surface area contributed by atoms with Gasteiger partial charge in [-0.3, -0.25) is 14.6 Å². The first kappa shape index (κ1) is 11.6. The summed E-state index contributed by atoms with van der Waals surface area (Å²) in [4.78, 5) is 28.3. The Morgan fingerprint density at radius 3 is 2.94 bits per heavy atom. The van der Waals surface area contributed by atoms with Crippen LogP contribution in [0.2, 0.25) is 0 Å². The Hall–Kier alpha value is -1.91. The van der Waals surface area contributed by atoms with Crippen LogP contribution in [-0.4, -0.2) is 32.9 Å². The van der Waals surface area contributed by atoms with E-state index in [1.165, 1.54) is 0 Å². The molecule has 1 aliphatic heterocycles. The van der Waals surface area contributed by atoms with E-state index in [2.05, 4.69) is 4.98 Å². The average Bonchev–Trinajstić information content (AvgIpc) is 2.58. The Morgan fingerprint density at radius 2 is 2.41 bits per heavy atom. The SMILES string of the molecule is CC1C(C(=O)O)CC(=O)N1Cc1cccnc1. The van der Waals surface area contributed by atoms with Crippen molar-refractivity contribution in [1.29, 1.82) is 0 Å². The molecule has 1 aromatic rings. The highest BCUT2D eigenvalue weighted by Gasteiger charge is 2.40. The van der Waals surface area contributed by atoms with Crippen LogP contribution >= 0.6 is 0 Å². The molecule has 17 heavy (non-hydrogen) atoms. The van der Waals surface area contributed by atoms with Gasteiger partial charge in [-0.15, -0.1) is 0 Å². The van der Waals surface area contributed by atoms with Crippen molar-refractivity contribution in [3.63, 3.8) is 0 Å². The first-order valence-electron chi connectivity index (χ1n) is 5.51. The molecule has 0 radical (unpaired) electrons. The number of carboxylic acids is 1. The fourth-order valence-electron chi connectivity index (χ4n) is 2.13. The molecule has 2 unspecified atom stereocenters. The van der Waals surface area contributed by atoms with Crippen molar-refractivity contribution in [2.24, 2.45) is 5.92 Å². The topological polar surface area (TPSA) is 70.5 Å².